The van der Waals surface area contributed by atoms with Gasteiger partial charge < -0.3 is 8.98 Å². The van der Waals surface area contributed by atoms with E-state index in [9.17, 15) is 10.1 Å². The van der Waals surface area contributed by atoms with E-state index in [1.165, 1.54) is 30.3 Å². The standard InChI is InChI=1S/C13H15N3O3/c1-9-14-11-4-2-3-5-12(11)15(9)8-10-6-7-13(19-10)16(17)18/h6-7H,2-5,8H2,1H3. The summed E-state index contributed by atoms with van der Waals surface area (Å²) in [4.78, 5) is 14.7. The van der Waals surface area contributed by atoms with Crippen LogP contribution in [0, 0.1) is 17.0 Å². The lowest BCUT2D eigenvalue weighted by atomic mass is 10.0. The van der Waals surface area contributed by atoms with Crippen LogP contribution >= 0.6 is 0 Å². The molecule has 2 aromatic rings. The molecule has 0 aromatic carbocycles. The van der Waals surface area contributed by atoms with Crippen LogP contribution in [0.4, 0.5) is 5.88 Å². The normalized spacial score (nSPS) is 14.4. The Labute approximate surface area is 110 Å². The molecular formula is C13H15N3O3. The summed E-state index contributed by atoms with van der Waals surface area (Å²) >= 11 is 0. The van der Waals surface area contributed by atoms with Crippen LogP contribution in [-0.4, -0.2) is 14.5 Å². The van der Waals surface area contributed by atoms with Gasteiger partial charge in [0, 0.05) is 5.69 Å². The molecule has 0 atom stereocenters. The van der Waals surface area contributed by atoms with Gasteiger partial charge in [0.05, 0.1) is 18.3 Å². The highest BCUT2D eigenvalue weighted by Gasteiger charge is 2.19. The van der Waals surface area contributed by atoms with Crippen molar-refractivity contribution in [3.63, 3.8) is 0 Å². The minimum absolute atomic E-state index is 0.207. The Morgan fingerprint density at radius 2 is 2.21 bits per heavy atom. The van der Waals surface area contributed by atoms with Crippen molar-refractivity contribution in [1.82, 2.24) is 9.55 Å². The molecule has 2 heterocycles. The number of hydrogen-bond donors (Lipinski definition) is 0. The summed E-state index contributed by atoms with van der Waals surface area (Å²) in [5.74, 6) is 1.34. The summed E-state index contributed by atoms with van der Waals surface area (Å²) in [6, 6.07) is 3.06. The SMILES string of the molecule is Cc1nc2c(n1Cc1ccc([N+](=O)[O-])o1)CCCC2. The van der Waals surface area contributed by atoms with Gasteiger partial charge in [-0.2, -0.15) is 0 Å². The molecule has 0 saturated carbocycles. The predicted octanol–water partition coefficient (Wildman–Crippen LogP) is 2.62. The van der Waals surface area contributed by atoms with Gasteiger partial charge in [-0.15, -0.1) is 0 Å². The van der Waals surface area contributed by atoms with E-state index in [0.29, 0.717) is 12.3 Å². The third kappa shape index (κ3) is 2.14. The lowest BCUT2D eigenvalue weighted by Gasteiger charge is -2.13. The Balaban J connectivity index is 1.90. The molecule has 6 nitrogen and oxygen atoms in total. The maximum Gasteiger partial charge on any atom is 0.433 e. The molecule has 100 valence electrons. The van der Waals surface area contributed by atoms with Crippen molar-refractivity contribution < 1.29 is 9.34 Å². The van der Waals surface area contributed by atoms with Crippen molar-refractivity contribution in [2.75, 3.05) is 0 Å². The molecule has 0 unspecified atom stereocenters. The van der Waals surface area contributed by atoms with Gasteiger partial charge in [0.25, 0.3) is 0 Å². The van der Waals surface area contributed by atoms with Gasteiger partial charge >= 0.3 is 5.88 Å². The lowest BCUT2D eigenvalue weighted by molar-refractivity contribution is -0.402. The molecule has 1 aliphatic rings. The van der Waals surface area contributed by atoms with E-state index in [0.717, 1.165) is 18.7 Å². The summed E-state index contributed by atoms with van der Waals surface area (Å²) in [6.07, 6.45) is 4.42. The molecule has 0 N–H and O–H groups in total. The average Bonchev–Trinajstić information content (AvgIpc) is 2.96. The van der Waals surface area contributed by atoms with Crippen molar-refractivity contribution in [3.8, 4) is 0 Å². The first-order chi connectivity index (χ1) is 9.15. The molecule has 6 heteroatoms. The third-order valence-corrected chi connectivity index (χ3v) is 3.56. The van der Waals surface area contributed by atoms with Crippen molar-refractivity contribution in [3.05, 3.63) is 45.2 Å². The molecule has 0 spiro atoms. The van der Waals surface area contributed by atoms with Gasteiger partial charge in [-0.3, -0.25) is 10.1 Å². The highest BCUT2D eigenvalue weighted by Crippen LogP contribution is 2.24. The van der Waals surface area contributed by atoms with E-state index in [2.05, 4.69) is 9.55 Å². The highest BCUT2D eigenvalue weighted by molar-refractivity contribution is 5.23. The zero-order valence-electron chi connectivity index (χ0n) is 10.8. The summed E-state index contributed by atoms with van der Waals surface area (Å²) in [7, 11) is 0. The van der Waals surface area contributed by atoms with E-state index in [1.54, 1.807) is 6.07 Å². The maximum atomic E-state index is 10.6. The van der Waals surface area contributed by atoms with Gasteiger partial charge in [0.2, 0.25) is 0 Å². The second kappa shape index (κ2) is 4.53. The molecule has 0 fully saturated rings. The number of furan rings is 1. The molecule has 0 radical (unpaired) electrons. The molecule has 0 saturated heterocycles. The fourth-order valence-corrected chi connectivity index (χ4v) is 2.65. The first-order valence-corrected chi connectivity index (χ1v) is 6.43. The number of nitrogens with zero attached hydrogens (tertiary/aromatic N) is 3. The number of nitro groups is 1. The molecule has 0 amide bonds. The Morgan fingerprint density at radius 3 is 2.95 bits per heavy atom. The fraction of sp³-hybridized carbons (Fsp3) is 0.462. The van der Waals surface area contributed by atoms with Crippen LogP contribution in [0.2, 0.25) is 0 Å². The molecule has 0 aliphatic heterocycles. The van der Waals surface area contributed by atoms with E-state index in [4.69, 9.17) is 4.42 Å². The van der Waals surface area contributed by atoms with Gasteiger partial charge in [0.15, 0.2) is 0 Å². The Hall–Kier alpha value is -2.11. The maximum absolute atomic E-state index is 10.6. The molecule has 2 aromatic heterocycles. The molecule has 3 rings (SSSR count). The quantitative estimate of drug-likeness (QED) is 0.628. The van der Waals surface area contributed by atoms with Crippen molar-refractivity contribution in [2.24, 2.45) is 0 Å². The minimum atomic E-state index is -0.514. The monoisotopic (exact) mass is 261 g/mol. The highest BCUT2D eigenvalue weighted by atomic mass is 16.6. The largest absolute Gasteiger partial charge is 0.433 e. The predicted molar refractivity (Wildman–Crippen MR) is 68.1 cm³/mol. The van der Waals surface area contributed by atoms with E-state index in [1.807, 2.05) is 6.92 Å². The minimum Gasteiger partial charge on any atom is -0.404 e. The van der Waals surface area contributed by atoms with E-state index < -0.39 is 4.92 Å². The molecule has 19 heavy (non-hydrogen) atoms. The summed E-state index contributed by atoms with van der Waals surface area (Å²) < 4.78 is 7.32. The summed E-state index contributed by atoms with van der Waals surface area (Å²) in [5, 5.41) is 10.6. The number of fused-ring (bicyclic) bond motifs is 1. The van der Waals surface area contributed by atoms with Gasteiger partial charge in [-0.1, -0.05) is 0 Å². The number of aromatic nitrogens is 2. The van der Waals surface area contributed by atoms with Gasteiger partial charge in [0.1, 0.15) is 16.5 Å². The summed E-state index contributed by atoms with van der Waals surface area (Å²) in [5.41, 5.74) is 2.42. The lowest BCUT2D eigenvalue weighted by Crippen LogP contribution is -2.09. The molecular weight excluding hydrogens is 246 g/mol. The fourth-order valence-electron chi connectivity index (χ4n) is 2.65. The number of aryl methyl sites for hydroxylation is 2. The second-order valence-electron chi connectivity index (χ2n) is 4.84. The summed E-state index contributed by atoms with van der Waals surface area (Å²) in [6.45, 7) is 2.48. The van der Waals surface area contributed by atoms with Crippen LogP contribution in [0.5, 0.6) is 0 Å². The average molecular weight is 261 g/mol. The Kier molecular flexibility index (Phi) is 2.85. The zero-order chi connectivity index (χ0) is 13.4. The Bertz CT molecular complexity index is 627. The van der Waals surface area contributed by atoms with Crippen LogP contribution in [0.25, 0.3) is 0 Å². The number of imidazole rings is 1. The zero-order valence-corrected chi connectivity index (χ0v) is 10.8. The molecule has 1 aliphatic carbocycles. The smallest absolute Gasteiger partial charge is 0.404 e. The first-order valence-electron chi connectivity index (χ1n) is 6.43. The van der Waals surface area contributed by atoms with E-state index >= 15 is 0 Å². The van der Waals surface area contributed by atoms with Crippen molar-refractivity contribution in [2.45, 2.75) is 39.2 Å². The van der Waals surface area contributed by atoms with Crippen LogP contribution < -0.4 is 0 Å². The Morgan fingerprint density at radius 1 is 1.42 bits per heavy atom. The topological polar surface area (TPSA) is 74.1 Å². The molecule has 0 bridgehead atoms. The van der Waals surface area contributed by atoms with E-state index in [-0.39, 0.29) is 5.88 Å². The van der Waals surface area contributed by atoms with Crippen LogP contribution in [0.3, 0.4) is 0 Å². The van der Waals surface area contributed by atoms with Crippen LogP contribution in [0.15, 0.2) is 16.5 Å². The number of hydrogen-bond acceptors (Lipinski definition) is 4. The first kappa shape index (κ1) is 12.0. The van der Waals surface area contributed by atoms with Gasteiger partial charge in [-0.05, 0) is 38.7 Å². The van der Waals surface area contributed by atoms with Crippen LogP contribution in [0.1, 0.15) is 35.8 Å². The number of rotatable bonds is 3. The van der Waals surface area contributed by atoms with Crippen molar-refractivity contribution in [1.29, 1.82) is 0 Å². The third-order valence-electron chi connectivity index (χ3n) is 3.56. The van der Waals surface area contributed by atoms with Crippen LogP contribution in [-0.2, 0) is 19.4 Å². The van der Waals surface area contributed by atoms with Crippen molar-refractivity contribution >= 4 is 5.88 Å². The second-order valence-corrected chi connectivity index (χ2v) is 4.84. The van der Waals surface area contributed by atoms with Gasteiger partial charge in [-0.25, -0.2) is 4.98 Å².